The average Bonchev–Trinajstić information content (AvgIpc) is 2.77. The average molecular weight is 498 g/mol. The minimum Gasteiger partial charge on any atom is -0.371 e. The van der Waals surface area contributed by atoms with Gasteiger partial charge in [0.25, 0.3) is 5.91 Å². The number of nitrogens with zero attached hydrogens (tertiary/aromatic N) is 4. The van der Waals surface area contributed by atoms with Crippen molar-refractivity contribution in [2.45, 2.75) is 43.9 Å². The highest BCUT2D eigenvalue weighted by Gasteiger charge is 2.35. The summed E-state index contributed by atoms with van der Waals surface area (Å²) in [7, 11) is 1.78. The summed E-state index contributed by atoms with van der Waals surface area (Å²) >= 11 is 11.9. The van der Waals surface area contributed by atoms with Gasteiger partial charge in [0, 0.05) is 35.2 Å². The third-order valence-electron chi connectivity index (χ3n) is 5.89. The van der Waals surface area contributed by atoms with E-state index < -0.39 is 11.9 Å². The number of alkyl halides is 3. The number of anilines is 1. The van der Waals surface area contributed by atoms with Crippen LogP contribution in [0.5, 0.6) is 0 Å². The van der Waals surface area contributed by atoms with Crippen molar-refractivity contribution in [1.82, 2.24) is 20.5 Å². The number of pyridine rings is 1. The van der Waals surface area contributed by atoms with Crippen LogP contribution in [0.4, 0.5) is 18.9 Å². The normalized spacial score (nSPS) is 18.8. The first-order chi connectivity index (χ1) is 15.6. The molecule has 0 unspecified atom stereocenters. The molecule has 1 amide bonds. The minimum absolute atomic E-state index is 0.000791. The van der Waals surface area contributed by atoms with E-state index in [0.717, 1.165) is 6.07 Å². The summed E-state index contributed by atoms with van der Waals surface area (Å²) in [6.45, 7) is 0. The highest BCUT2D eigenvalue weighted by atomic mass is 35.5. The number of halogens is 5. The molecule has 11 heteroatoms. The van der Waals surface area contributed by atoms with Crippen LogP contribution in [0.1, 0.15) is 41.7 Å². The number of hydrogen-bond donors (Lipinski definition) is 1. The Labute approximate surface area is 198 Å². The molecule has 0 atom stereocenters. The fourth-order valence-corrected chi connectivity index (χ4v) is 4.49. The van der Waals surface area contributed by atoms with E-state index in [2.05, 4.69) is 20.5 Å². The molecular formula is C22H20Cl2F3N5O. The van der Waals surface area contributed by atoms with Crippen molar-refractivity contribution in [3.63, 3.8) is 0 Å². The van der Waals surface area contributed by atoms with Gasteiger partial charge in [-0.1, -0.05) is 23.2 Å². The van der Waals surface area contributed by atoms with Crippen molar-refractivity contribution >= 4 is 45.7 Å². The number of rotatable bonds is 4. The van der Waals surface area contributed by atoms with E-state index in [0.29, 0.717) is 47.3 Å². The zero-order valence-electron chi connectivity index (χ0n) is 17.5. The predicted molar refractivity (Wildman–Crippen MR) is 121 cm³/mol. The molecule has 0 aliphatic heterocycles. The summed E-state index contributed by atoms with van der Waals surface area (Å²) < 4.78 is 40.4. The number of benzene rings is 1. The molecule has 4 rings (SSSR count). The molecule has 2 heterocycles. The fraction of sp³-hybridized carbons (Fsp3) is 0.364. The van der Waals surface area contributed by atoms with Gasteiger partial charge >= 0.3 is 6.18 Å². The largest absolute Gasteiger partial charge is 0.433 e. The maximum absolute atomic E-state index is 13.5. The second-order valence-corrected chi connectivity index (χ2v) is 8.87. The second kappa shape index (κ2) is 9.30. The lowest BCUT2D eigenvalue weighted by molar-refractivity contribution is -0.140. The van der Waals surface area contributed by atoms with E-state index >= 15 is 0 Å². The minimum atomic E-state index is -4.56. The summed E-state index contributed by atoms with van der Waals surface area (Å²) in [5.41, 5.74) is 0.0558. The standard InChI is InChI=1S/C22H20Cl2F3N5O/c1-32(18-10-19(22(25,26)27)30-17-7-2-13(23)9-16(17)18)15-5-3-14(4-6-15)29-21(33)12-8-20(24)31-28-11-12/h2,7-11,14-15H,3-6H2,1H3,(H,29,33). The molecule has 0 spiro atoms. The monoisotopic (exact) mass is 497 g/mol. The molecule has 1 fully saturated rings. The van der Waals surface area contributed by atoms with Crippen LogP contribution >= 0.6 is 23.2 Å². The maximum Gasteiger partial charge on any atom is 0.433 e. The summed E-state index contributed by atoms with van der Waals surface area (Å²) in [6, 6.07) is 7.13. The highest BCUT2D eigenvalue weighted by molar-refractivity contribution is 6.31. The number of hydrogen-bond acceptors (Lipinski definition) is 5. The first kappa shape index (κ1) is 23.5. The van der Waals surface area contributed by atoms with Crippen LogP contribution in [0.25, 0.3) is 10.9 Å². The first-order valence-corrected chi connectivity index (χ1v) is 11.1. The molecule has 33 heavy (non-hydrogen) atoms. The van der Waals surface area contributed by atoms with Gasteiger partial charge in [-0.25, -0.2) is 4.98 Å². The smallest absolute Gasteiger partial charge is 0.371 e. The molecule has 1 saturated carbocycles. The van der Waals surface area contributed by atoms with Gasteiger partial charge in [-0.05, 0) is 56.0 Å². The van der Waals surface area contributed by atoms with Crippen LogP contribution in [0.15, 0.2) is 36.5 Å². The molecule has 0 saturated heterocycles. The van der Waals surface area contributed by atoms with Gasteiger partial charge in [0.2, 0.25) is 0 Å². The van der Waals surface area contributed by atoms with Crippen molar-refractivity contribution in [2.75, 3.05) is 11.9 Å². The number of nitrogens with one attached hydrogen (secondary N) is 1. The van der Waals surface area contributed by atoms with E-state index in [4.69, 9.17) is 23.2 Å². The molecular weight excluding hydrogens is 478 g/mol. The van der Waals surface area contributed by atoms with Gasteiger partial charge < -0.3 is 10.2 Å². The number of carbonyl (C=O) groups is 1. The van der Waals surface area contributed by atoms with E-state index in [1.54, 1.807) is 13.1 Å². The molecule has 6 nitrogen and oxygen atoms in total. The Morgan fingerprint density at radius 1 is 1.12 bits per heavy atom. The highest BCUT2D eigenvalue weighted by Crippen LogP contribution is 2.37. The van der Waals surface area contributed by atoms with Gasteiger partial charge in [-0.3, -0.25) is 4.79 Å². The van der Waals surface area contributed by atoms with Gasteiger partial charge in [0.1, 0.15) is 5.69 Å². The lowest BCUT2D eigenvalue weighted by Crippen LogP contribution is -2.43. The topological polar surface area (TPSA) is 71.0 Å². The number of fused-ring (bicyclic) bond motifs is 1. The van der Waals surface area contributed by atoms with E-state index in [9.17, 15) is 18.0 Å². The molecule has 174 valence electrons. The SMILES string of the molecule is CN(c1cc(C(F)(F)F)nc2ccc(Cl)cc12)C1CCC(NC(=O)c2cnnc(Cl)c2)CC1. The Morgan fingerprint density at radius 2 is 1.85 bits per heavy atom. The zero-order valence-corrected chi connectivity index (χ0v) is 19.0. The van der Waals surface area contributed by atoms with Crippen molar-refractivity contribution < 1.29 is 18.0 Å². The van der Waals surface area contributed by atoms with Gasteiger partial charge in [-0.15, -0.1) is 5.10 Å². The molecule has 1 N–H and O–H groups in total. The van der Waals surface area contributed by atoms with Crippen LogP contribution in [0.2, 0.25) is 10.2 Å². The van der Waals surface area contributed by atoms with Crippen molar-refractivity contribution in [2.24, 2.45) is 0 Å². The maximum atomic E-state index is 13.5. The van der Waals surface area contributed by atoms with Crippen LogP contribution in [-0.2, 0) is 6.18 Å². The number of aromatic nitrogens is 3. The quantitative estimate of drug-likeness (QED) is 0.513. The zero-order chi connectivity index (χ0) is 23.8. The fourth-order valence-electron chi connectivity index (χ4n) is 4.15. The summed E-state index contributed by atoms with van der Waals surface area (Å²) in [5, 5.41) is 11.4. The van der Waals surface area contributed by atoms with Gasteiger partial charge in [0.15, 0.2) is 5.15 Å². The third-order valence-corrected chi connectivity index (χ3v) is 6.31. The lowest BCUT2D eigenvalue weighted by atomic mass is 9.89. The van der Waals surface area contributed by atoms with Crippen LogP contribution in [0, 0.1) is 0 Å². The van der Waals surface area contributed by atoms with E-state index in [1.165, 1.54) is 24.4 Å². The van der Waals surface area contributed by atoms with Crippen LogP contribution < -0.4 is 10.2 Å². The molecule has 0 bridgehead atoms. The predicted octanol–water partition coefficient (Wildman–Crippen LogP) is 5.53. The summed E-state index contributed by atoms with van der Waals surface area (Å²) in [4.78, 5) is 18.1. The Hall–Kier alpha value is -2.65. The third kappa shape index (κ3) is 5.30. The van der Waals surface area contributed by atoms with Gasteiger partial charge in [0.05, 0.1) is 17.3 Å². The first-order valence-electron chi connectivity index (χ1n) is 10.3. The molecule has 3 aromatic rings. The van der Waals surface area contributed by atoms with Crippen LogP contribution in [-0.4, -0.2) is 40.2 Å². The van der Waals surface area contributed by atoms with E-state index in [1.807, 2.05) is 4.90 Å². The molecule has 1 aromatic carbocycles. The Kier molecular flexibility index (Phi) is 6.63. The van der Waals surface area contributed by atoms with Gasteiger partial charge in [-0.2, -0.15) is 18.3 Å². The summed E-state index contributed by atoms with van der Waals surface area (Å²) in [5.74, 6) is -0.284. The van der Waals surface area contributed by atoms with E-state index in [-0.39, 0.29) is 28.7 Å². The Balaban J connectivity index is 1.50. The van der Waals surface area contributed by atoms with Crippen molar-refractivity contribution in [1.29, 1.82) is 0 Å². The molecule has 2 aromatic heterocycles. The molecule has 0 radical (unpaired) electrons. The molecule has 1 aliphatic rings. The Bertz CT molecular complexity index is 1180. The summed E-state index contributed by atoms with van der Waals surface area (Å²) in [6.07, 6.45) is -0.453. The van der Waals surface area contributed by atoms with Crippen molar-refractivity contribution in [3.05, 3.63) is 58.0 Å². The molecule has 1 aliphatic carbocycles. The van der Waals surface area contributed by atoms with Crippen LogP contribution in [0.3, 0.4) is 0 Å². The van der Waals surface area contributed by atoms with Crippen molar-refractivity contribution in [3.8, 4) is 0 Å². The Morgan fingerprint density at radius 3 is 2.52 bits per heavy atom. The lowest BCUT2D eigenvalue weighted by Gasteiger charge is -2.37. The second-order valence-electron chi connectivity index (χ2n) is 8.04. The number of amides is 1. The number of carbonyl (C=O) groups excluding carboxylic acids is 1.